The molecule has 0 amide bonds. The second kappa shape index (κ2) is 5.99. The van der Waals surface area contributed by atoms with E-state index in [1.165, 1.54) is 32.1 Å². The van der Waals surface area contributed by atoms with Crippen molar-refractivity contribution in [3.63, 3.8) is 0 Å². The third-order valence-corrected chi connectivity index (χ3v) is 3.87. The molecule has 2 N–H and O–H groups in total. The Hall–Kier alpha value is -0.120. The summed E-state index contributed by atoms with van der Waals surface area (Å²) in [6.07, 6.45) is 9.58. The maximum absolute atomic E-state index is 5.90. The number of hydrogen-bond acceptors (Lipinski definition) is 3. The van der Waals surface area contributed by atoms with Crippen LogP contribution in [-0.2, 0) is 9.47 Å². The SMILES string of the molecule is NCCCCC1CCOC2(CCCCO2)C1. The van der Waals surface area contributed by atoms with Crippen LogP contribution < -0.4 is 5.73 Å². The molecule has 2 aliphatic rings. The van der Waals surface area contributed by atoms with Crippen molar-refractivity contribution in [2.75, 3.05) is 19.8 Å². The molecular formula is C13H25NO2. The largest absolute Gasteiger partial charge is 0.350 e. The minimum absolute atomic E-state index is 0.204. The molecule has 2 atom stereocenters. The van der Waals surface area contributed by atoms with Crippen molar-refractivity contribution in [3.05, 3.63) is 0 Å². The fraction of sp³-hybridized carbons (Fsp3) is 1.00. The lowest BCUT2D eigenvalue weighted by Crippen LogP contribution is -2.44. The van der Waals surface area contributed by atoms with Crippen LogP contribution in [0, 0.1) is 5.92 Å². The molecule has 2 saturated heterocycles. The van der Waals surface area contributed by atoms with E-state index in [0.717, 1.165) is 44.9 Å². The zero-order chi connectivity index (χ0) is 11.3. The summed E-state index contributed by atoms with van der Waals surface area (Å²) < 4.78 is 11.8. The van der Waals surface area contributed by atoms with Crippen LogP contribution >= 0.6 is 0 Å². The van der Waals surface area contributed by atoms with Gasteiger partial charge in [-0.1, -0.05) is 12.8 Å². The summed E-state index contributed by atoms with van der Waals surface area (Å²) in [6, 6.07) is 0. The van der Waals surface area contributed by atoms with E-state index in [0.29, 0.717) is 0 Å². The Bertz CT molecular complexity index is 197. The first-order valence-corrected chi connectivity index (χ1v) is 6.83. The van der Waals surface area contributed by atoms with Crippen molar-refractivity contribution in [2.45, 2.75) is 57.2 Å². The van der Waals surface area contributed by atoms with Crippen LogP contribution in [0.3, 0.4) is 0 Å². The zero-order valence-corrected chi connectivity index (χ0v) is 10.2. The van der Waals surface area contributed by atoms with Crippen molar-refractivity contribution < 1.29 is 9.47 Å². The Morgan fingerprint density at radius 2 is 2.00 bits per heavy atom. The normalized spacial score (nSPS) is 35.4. The third kappa shape index (κ3) is 3.19. The van der Waals surface area contributed by atoms with Crippen molar-refractivity contribution >= 4 is 0 Å². The van der Waals surface area contributed by atoms with E-state index in [-0.39, 0.29) is 5.79 Å². The number of rotatable bonds is 4. The molecule has 0 radical (unpaired) electrons. The van der Waals surface area contributed by atoms with Gasteiger partial charge in [-0.15, -0.1) is 0 Å². The van der Waals surface area contributed by atoms with E-state index in [4.69, 9.17) is 15.2 Å². The fourth-order valence-electron chi connectivity index (χ4n) is 2.94. The lowest BCUT2D eigenvalue weighted by Gasteiger charge is -2.43. The van der Waals surface area contributed by atoms with E-state index in [1.54, 1.807) is 0 Å². The monoisotopic (exact) mass is 227 g/mol. The molecule has 2 aliphatic heterocycles. The minimum atomic E-state index is -0.204. The van der Waals surface area contributed by atoms with Gasteiger partial charge in [-0.2, -0.15) is 0 Å². The quantitative estimate of drug-likeness (QED) is 0.750. The number of ether oxygens (including phenoxy) is 2. The number of nitrogens with two attached hydrogens (primary N) is 1. The van der Waals surface area contributed by atoms with E-state index in [1.807, 2.05) is 0 Å². The molecule has 3 nitrogen and oxygen atoms in total. The van der Waals surface area contributed by atoms with Gasteiger partial charge in [0.15, 0.2) is 5.79 Å². The summed E-state index contributed by atoms with van der Waals surface area (Å²) >= 11 is 0. The van der Waals surface area contributed by atoms with Crippen molar-refractivity contribution in [1.29, 1.82) is 0 Å². The molecule has 0 aromatic heterocycles. The highest BCUT2D eigenvalue weighted by molar-refractivity contribution is 4.81. The Kier molecular flexibility index (Phi) is 4.62. The van der Waals surface area contributed by atoms with Crippen molar-refractivity contribution in [2.24, 2.45) is 11.7 Å². The highest BCUT2D eigenvalue weighted by atomic mass is 16.7. The van der Waals surface area contributed by atoms with Crippen molar-refractivity contribution in [3.8, 4) is 0 Å². The van der Waals surface area contributed by atoms with Crippen molar-refractivity contribution in [1.82, 2.24) is 0 Å². The predicted octanol–water partition coefficient (Wildman–Crippen LogP) is 2.44. The second-order valence-electron chi connectivity index (χ2n) is 5.21. The predicted molar refractivity (Wildman–Crippen MR) is 64.1 cm³/mol. The first-order valence-electron chi connectivity index (χ1n) is 6.83. The maximum atomic E-state index is 5.90. The standard InChI is InChI=1S/C13H25NO2/c14-8-3-1-5-12-6-10-16-13(11-12)7-2-4-9-15-13/h12H,1-11,14H2. The molecule has 94 valence electrons. The summed E-state index contributed by atoms with van der Waals surface area (Å²) in [7, 11) is 0. The summed E-state index contributed by atoms with van der Waals surface area (Å²) in [6.45, 7) is 2.59. The van der Waals surface area contributed by atoms with Crippen LogP contribution in [0.2, 0.25) is 0 Å². The van der Waals surface area contributed by atoms with Gasteiger partial charge >= 0.3 is 0 Å². The van der Waals surface area contributed by atoms with Crippen LogP contribution in [0.25, 0.3) is 0 Å². The molecular weight excluding hydrogens is 202 g/mol. The number of hydrogen-bond donors (Lipinski definition) is 1. The molecule has 0 saturated carbocycles. The van der Waals surface area contributed by atoms with Crippen LogP contribution in [0.1, 0.15) is 51.4 Å². The molecule has 2 fully saturated rings. The highest BCUT2D eigenvalue weighted by Gasteiger charge is 2.39. The van der Waals surface area contributed by atoms with E-state index < -0.39 is 0 Å². The summed E-state index contributed by atoms with van der Waals surface area (Å²) in [5.41, 5.74) is 5.53. The van der Waals surface area contributed by atoms with Gasteiger partial charge in [0.2, 0.25) is 0 Å². The molecule has 0 bridgehead atoms. The van der Waals surface area contributed by atoms with Gasteiger partial charge in [0, 0.05) is 12.8 Å². The smallest absolute Gasteiger partial charge is 0.168 e. The molecule has 0 aliphatic carbocycles. The van der Waals surface area contributed by atoms with Gasteiger partial charge in [0.25, 0.3) is 0 Å². The van der Waals surface area contributed by atoms with E-state index in [9.17, 15) is 0 Å². The second-order valence-corrected chi connectivity index (χ2v) is 5.21. The topological polar surface area (TPSA) is 44.5 Å². The van der Waals surface area contributed by atoms with Gasteiger partial charge in [-0.3, -0.25) is 0 Å². The van der Waals surface area contributed by atoms with Gasteiger partial charge in [0.05, 0.1) is 13.2 Å². The average Bonchev–Trinajstić information content (AvgIpc) is 2.31. The third-order valence-electron chi connectivity index (χ3n) is 3.87. The van der Waals surface area contributed by atoms with E-state index in [2.05, 4.69) is 0 Å². The van der Waals surface area contributed by atoms with Gasteiger partial charge in [-0.05, 0) is 38.1 Å². The van der Waals surface area contributed by atoms with Crippen LogP contribution in [-0.4, -0.2) is 25.5 Å². The first kappa shape index (κ1) is 12.3. The molecule has 0 aromatic carbocycles. The van der Waals surface area contributed by atoms with Crippen LogP contribution in [0.15, 0.2) is 0 Å². The lowest BCUT2D eigenvalue weighted by atomic mass is 9.86. The molecule has 16 heavy (non-hydrogen) atoms. The van der Waals surface area contributed by atoms with Gasteiger partial charge < -0.3 is 15.2 Å². The lowest BCUT2D eigenvalue weighted by molar-refractivity contribution is -0.281. The van der Waals surface area contributed by atoms with E-state index >= 15 is 0 Å². The summed E-state index contributed by atoms with van der Waals surface area (Å²) in [5, 5.41) is 0. The molecule has 2 heterocycles. The Morgan fingerprint density at radius 3 is 2.75 bits per heavy atom. The number of unbranched alkanes of at least 4 members (excludes halogenated alkanes) is 1. The van der Waals surface area contributed by atoms with Gasteiger partial charge in [-0.25, -0.2) is 0 Å². The summed E-state index contributed by atoms with van der Waals surface area (Å²) in [4.78, 5) is 0. The molecule has 0 aromatic rings. The molecule has 2 unspecified atom stereocenters. The molecule has 1 spiro atoms. The zero-order valence-electron chi connectivity index (χ0n) is 10.2. The van der Waals surface area contributed by atoms with Crippen LogP contribution in [0.4, 0.5) is 0 Å². The fourth-order valence-corrected chi connectivity index (χ4v) is 2.94. The van der Waals surface area contributed by atoms with Gasteiger partial charge in [0.1, 0.15) is 0 Å². The molecule has 2 rings (SSSR count). The highest BCUT2D eigenvalue weighted by Crippen LogP contribution is 2.38. The average molecular weight is 227 g/mol. The Balaban J connectivity index is 1.78. The minimum Gasteiger partial charge on any atom is -0.350 e. The van der Waals surface area contributed by atoms with Crippen LogP contribution in [0.5, 0.6) is 0 Å². The Labute approximate surface area is 98.7 Å². The first-order chi connectivity index (χ1) is 7.85. The summed E-state index contributed by atoms with van der Waals surface area (Å²) in [5.74, 6) is 0.586. The molecule has 3 heteroatoms. The maximum Gasteiger partial charge on any atom is 0.168 e. The Morgan fingerprint density at radius 1 is 1.12 bits per heavy atom.